The van der Waals surface area contributed by atoms with E-state index in [1.54, 1.807) is 0 Å². The minimum absolute atomic E-state index is 0.0580. The predicted octanol–water partition coefficient (Wildman–Crippen LogP) is 6.76. The quantitative estimate of drug-likeness (QED) is 0.466. The van der Waals surface area contributed by atoms with Crippen LogP contribution in [-0.2, 0) is 9.53 Å². The highest BCUT2D eigenvalue weighted by Crippen LogP contribution is 2.75. The Kier molecular flexibility index (Phi) is 4.88. The lowest BCUT2D eigenvalue weighted by Gasteiger charge is -2.64. The van der Waals surface area contributed by atoms with Crippen LogP contribution in [0.2, 0.25) is 0 Å². The zero-order valence-electron chi connectivity index (χ0n) is 21.8. The Balaban J connectivity index is 1.37. The molecule has 6 rings (SSSR count). The Morgan fingerprint density at radius 3 is 2.68 bits per heavy atom. The normalized spacial score (nSPS) is 44.7. The Morgan fingerprint density at radius 1 is 1.12 bits per heavy atom. The van der Waals surface area contributed by atoms with Crippen LogP contribution in [0.15, 0.2) is 29.4 Å². The zero-order valence-corrected chi connectivity index (χ0v) is 21.8. The maximum atomic E-state index is 13.2. The van der Waals surface area contributed by atoms with Crippen molar-refractivity contribution in [3.05, 3.63) is 29.8 Å². The summed E-state index contributed by atoms with van der Waals surface area (Å²) in [6.07, 6.45) is 9.64. The number of ether oxygens (including phenoxy) is 1. The lowest BCUT2D eigenvalue weighted by molar-refractivity contribution is -0.191. The highest BCUT2D eigenvalue weighted by atomic mass is 16.5. The molecular weight excluding hydrogens is 420 g/mol. The molecule has 4 aliphatic carbocycles. The minimum atomic E-state index is -0.329. The number of hydrogen-bond donors (Lipinski definition) is 0. The van der Waals surface area contributed by atoms with Crippen molar-refractivity contribution >= 4 is 17.4 Å². The summed E-state index contributed by atoms with van der Waals surface area (Å²) in [5.41, 5.74) is 4.48. The summed E-state index contributed by atoms with van der Waals surface area (Å²) >= 11 is 0. The highest BCUT2D eigenvalue weighted by Gasteiger charge is 2.71. The summed E-state index contributed by atoms with van der Waals surface area (Å²) in [5, 5.41) is 7.66. The number of esters is 1. The maximum absolute atomic E-state index is 13.2. The third-order valence-corrected chi connectivity index (χ3v) is 11.3. The molecule has 1 aromatic rings. The van der Waals surface area contributed by atoms with E-state index in [9.17, 15) is 4.79 Å². The Bertz CT molecular complexity index is 1050. The van der Waals surface area contributed by atoms with Gasteiger partial charge in [0.25, 0.3) is 0 Å². The fourth-order valence-electron chi connectivity index (χ4n) is 10.1. The van der Waals surface area contributed by atoms with E-state index in [0.29, 0.717) is 29.8 Å². The van der Waals surface area contributed by atoms with Gasteiger partial charge in [-0.2, -0.15) is 5.10 Å². The smallest absolute Gasteiger partial charge is 0.312 e. The van der Waals surface area contributed by atoms with Crippen LogP contribution in [0.25, 0.3) is 0 Å². The molecule has 4 fully saturated rings. The molecule has 1 aromatic carbocycles. The number of carbonyl (C=O) groups excluding carboxylic acids is 1. The van der Waals surface area contributed by atoms with Gasteiger partial charge in [0.05, 0.1) is 24.3 Å². The molecule has 0 N–H and O–H groups in total. The van der Waals surface area contributed by atoms with Gasteiger partial charge in [-0.05, 0) is 106 Å². The third kappa shape index (κ3) is 2.83. The molecule has 2 bridgehead atoms. The van der Waals surface area contributed by atoms with Gasteiger partial charge in [0.15, 0.2) is 0 Å². The first-order valence-electron chi connectivity index (χ1n) is 13.8. The van der Waals surface area contributed by atoms with Crippen molar-refractivity contribution in [3.63, 3.8) is 0 Å². The zero-order chi connectivity index (χ0) is 23.9. The van der Waals surface area contributed by atoms with Gasteiger partial charge in [0.2, 0.25) is 0 Å². The number of carbonyl (C=O) groups is 1. The van der Waals surface area contributed by atoms with Gasteiger partial charge >= 0.3 is 5.97 Å². The second-order valence-electron chi connectivity index (χ2n) is 13.1. The number of hydrazone groups is 1. The monoisotopic (exact) mass is 462 g/mol. The fraction of sp³-hybridized carbons (Fsp3) is 0.733. The lowest BCUT2D eigenvalue weighted by Crippen LogP contribution is -2.60. The number of rotatable bonds is 3. The molecule has 0 radical (unpaired) electrons. The van der Waals surface area contributed by atoms with E-state index in [2.05, 4.69) is 57.0 Å². The van der Waals surface area contributed by atoms with Crippen molar-refractivity contribution in [1.29, 1.82) is 0 Å². The molecule has 0 saturated heterocycles. The van der Waals surface area contributed by atoms with Crippen LogP contribution in [0.4, 0.5) is 5.69 Å². The molecule has 0 unspecified atom stereocenters. The standard InChI is InChI=1S/C30H42N2O2/c1-6-34-26(33)29(5)14-8-13-28(4)23(29)12-16-30-19-27(3,15-11-24(28)30)25-22(30)18-32(31-25)21-10-7-9-20(2)17-21/h7,9-10,17,22-24H,6,8,11-16,18-19H2,1-5H3/t22-,23+,24+,27+,28-,29-,30-/m1/s1. The average molecular weight is 463 g/mol. The van der Waals surface area contributed by atoms with Gasteiger partial charge in [-0.3, -0.25) is 9.80 Å². The van der Waals surface area contributed by atoms with Crippen LogP contribution in [0.1, 0.15) is 84.6 Å². The van der Waals surface area contributed by atoms with E-state index < -0.39 is 0 Å². The molecule has 4 nitrogen and oxygen atoms in total. The Labute approximate surface area is 205 Å². The molecule has 1 spiro atoms. The van der Waals surface area contributed by atoms with E-state index in [0.717, 1.165) is 25.8 Å². The maximum Gasteiger partial charge on any atom is 0.312 e. The molecule has 0 aromatic heterocycles. The number of nitrogens with zero attached hydrogens (tertiary/aromatic N) is 2. The Morgan fingerprint density at radius 2 is 1.91 bits per heavy atom. The summed E-state index contributed by atoms with van der Waals surface area (Å²) in [6.45, 7) is 12.9. The predicted molar refractivity (Wildman–Crippen MR) is 137 cm³/mol. The molecule has 7 atom stereocenters. The molecular formula is C30H42N2O2. The number of fused-ring (bicyclic) bond motifs is 5. The van der Waals surface area contributed by atoms with Gasteiger partial charge in [-0.25, -0.2) is 0 Å². The molecule has 4 heteroatoms. The van der Waals surface area contributed by atoms with E-state index in [-0.39, 0.29) is 22.2 Å². The molecule has 5 aliphatic rings. The third-order valence-electron chi connectivity index (χ3n) is 11.3. The van der Waals surface area contributed by atoms with Gasteiger partial charge in [-0.15, -0.1) is 0 Å². The van der Waals surface area contributed by atoms with Gasteiger partial charge in [0.1, 0.15) is 0 Å². The van der Waals surface area contributed by atoms with Crippen molar-refractivity contribution in [1.82, 2.24) is 0 Å². The van der Waals surface area contributed by atoms with E-state index >= 15 is 0 Å². The van der Waals surface area contributed by atoms with Gasteiger partial charge in [0, 0.05) is 17.0 Å². The number of hydrogen-bond acceptors (Lipinski definition) is 4. The van der Waals surface area contributed by atoms with Crippen LogP contribution in [-0.4, -0.2) is 24.8 Å². The minimum Gasteiger partial charge on any atom is -0.466 e. The average Bonchev–Trinajstić information content (AvgIpc) is 3.31. The van der Waals surface area contributed by atoms with Crippen molar-refractivity contribution in [2.24, 2.45) is 44.5 Å². The molecule has 1 aliphatic heterocycles. The Hall–Kier alpha value is -1.84. The van der Waals surface area contributed by atoms with Crippen molar-refractivity contribution in [3.8, 4) is 0 Å². The van der Waals surface area contributed by atoms with E-state index in [1.165, 1.54) is 49.1 Å². The first-order valence-corrected chi connectivity index (χ1v) is 13.8. The molecule has 0 amide bonds. The van der Waals surface area contributed by atoms with E-state index in [1.807, 2.05) is 6.92 Å². The van der Waals surface area contributed by atoms with E-state index in [4.69, 9.17) is 9.84 Å². The van der Waals surface area contributed by atoms with Crippen molar-refractivity contribution in [2.45, 2.75) is 86.0 Å². The summed E-state index contributed by atoms with van der Waals surface area (Å²) in [4.78, 5) is 13.2. The van der Waals surface area contributed by atoms with Crippen LogP contribution < -0.4 is 5.01 Å². The van der Waals surface area contributed by atoms with Crippen LogP contribution >= 0.6 is 0 Å². The van der Waals surface area contributed by atoms with Crippen molar-refractivity contribution < 1.29 is 9.53 Å². The second kappa shape index (κ2) is 7.34. The first-order chi connectivity index (χ1) is 16.2. The summed E-state index contributed by atoms with van der Waals surface area (Å²) in [5.74, 6) is 1.72. The van der Waals surface area contributed by atoms with Crippen LogP contribution in [0.5, 0.6) is 0 Å². The molecule has 34 heavy (non-hydrogen) atoms. The van der Waals surface area contributed by atoms with Crippen LogP contribution in [0, 0.1) is 46.3 Å². The summed E-state index contributed by atoms with van der Waals surface area (Å²) in [6, 6.07) is 8.83. The fourth-order valence-corrected chi connectivity index (χ4v) is 10.1. The topological polar surface area (TPSA) is 41.9 Å². The van der Waals surface area contributed by atoms with Crippen LogP contribution in [0.3, 0.4) is 0 Å². The number of benzene rings is 1. The lowest BCUT2D eigenvalue weighted by atomic mass is 9.39. The van der Waals surface area contributed by atoms with Gasteiger partial charge in [-0.1, -0.05) is 32.4 Å². The molecule has 4 saturated carbocycles. The SMILES string of the molecule is CCOC(=O)[C@]1(C)CCC[C@@]2(C)[C@@H]3CC[C@@]4(C)C[C@]3(CC[C@@H]21)[C@@H]1CN(c2cccc(C)c2)N=C14. The second-order valence-corrected chi connectivity index (χ2v) is 13.1. The number of aryl methyl sites for hydroxylation is 1. The highest BCUT2D eigenvalue weighted by molar-refractivity contribution is 5.98. The first kappa shape index (κ1) is 22.6. The molecule has 1 heterocycles. The summed E-state index contributed by atoms with van der Waals surface area (Å²) in [7, 11) is 0. The number of anilines is 1. The van der Waals surface area contributed by atoms with Crippen molar-refractivity contribution in [2.75, 3.05) is 18.2 Å². The molecule has 184 valence electrons. The summed E-state index contributed by atoms with van der Waals surface area (Å²) < 4.78 is 5.67. The van der Waals surface area contributed by atoms with Gasteiger partial charge < -0.3 is 4.74 Å². The largest absolute Gasteiger partial charge is 0.466 e.